The maximum absolute atomic E-state index is 13.5. The molecule has 0 aliphatic heterocycles. The van der Waals surface area contributed by atoms with E-state index in [1.807, 2.05) is 0 Å². The normalized spacial score (nSPS) is 11.6. The van der Waals surface area contributed by atoms with E-state index in [1.54, 1.807) is 19.1 Å². The van der Waals surface area contributed by atoms with E-state index in [0.29, 0.717) is 20.3 Å². The molecule has 0 unspecified atom stereocenters. The van der Waals surface area contributed by atoms with Crippen LogP contribution in [0, 0.1) is 0 Å². The highest BCUT2D eigenvalue weighted by molar-refractivity contribution is 7.40. The molecule has 0 aliphatic rings. The lowest BCUT2D eigenvalue weighted by molar-refractivity contribution is 0.0533. The third-order valence-corrected chi connectivity index (χ3v) is 7.62. The predicted octanol–water partition coefficient (Wildman–Crippen LogP) is 4.49. The molecular weight excluding hydrogens is 508 g/mol. The number of azo groups is 1. The van der Waals surface area contributed by atoms with E-state index in [4.69, 9.17) is 16.2 Å². The first-order valence-electron chi connectivity index (χ1n) is 10.3. The minimum Gasteiger partial charge on any atom is -0.506 e. The molecule has 4 aromatic heterocycles. The van der Waals surface area contributed by atoms with E-state index >= 15 is 0 Å². The first-order valence-corrected chi connectivity index (χ1v) is 12.0. The number of esters is 1. The van der Waals surface area contributed by atoms with E-state index in [0.717, 1.165) is 22.7 Å². The van der Waals surface area contributed by atoms with Crippen molar-refractivity contribution in [3.8, 4) is 5.75 Å². The molecule has 14 heteroatoms. The summed E-state index contributed by atoms with van der Waals surface area (Å²) in [6, 6.07) is 6.21. The van der Waals surface area contributed by atoms with Gasteiger partial charge in [0.05, 0.1) is 21.7 Å². The highest BCUT2D eigenvalue weighted by Crippen LogP contribution is 2.49. The number of aromatic amines is 1. The van der Waals surface area contributed by atoms with Crippen molar-refractivity contribution in [2.75, 3.05) is 18.1 Å². The smallest absolute Gasteiger partial charge is 0.386 e. The van der Waals surface area contributed by atoms with Gasteiger partial charge in [-0.15, -0.1) is 32.9 Å². The molecule has 5 rings (SSSR count). The lowest BCUT2D eigenvalue weighted by Gasteiger charge is -2.06. The fourth-order valence-electron chi connectivity index (χ4n) is 3.55. The number of hydrogen-bond donors (Lipinski definition) is 4. The molecule has 0 atom stereocenters. The molecule has 1 aromatic carbocycles. The van der Waals surface area contributed by atoms with Crippen molar-refractivity contribution in [2.24, 2.45) is 10.2 Å². The molecule has 4 heterocycles. The number of nitrogens with two attached hydrogens (primary N) is 2. The summed E-state index contributed by atoms with van der Waals surface area (Å²) in [5, 5.41) is 21.0. The number of carbonyl (C=O) groups is 2. The van der Waals surface area contributed by atoms with Crippen LogP contribution in [0.15, 0.2) is 50.0 Å². The average Bonchev–Trinajstić information content (AvgIpc) is 3.50. The van der Waals surface area contributed by atoms with Crippen LogP contribution in [0.2, 0.25) is 0 Å². The number of ketones is 1. The molecule has 12 nitrogen and oxygen atoms in total. The lowest BCUT2D eigenvalue weighted by atomic mass is 10.0. The second-order valence-corrected chi connectivity index (χ2v) is 9.62. The Morgan fingerprint density at radius 2 is 1.92 bits per heavy atom. The Labute approximate surface area is 208 Å². The first kappa shape index (κ1) is 23.2. The number of thiophene rings is 2. The number of fused-ring (bicyclic) bond motifs is 2. The van der Waals surface area contributed by atoms with Gasteiger partial charge in [-0.05, 0) is 25.1 Å². The van der Waals surface area contributed by atoms with Crippen LogP contribution in [-0.2, 0) is 4.74 Å². The second-order valence-electron chi connectivity index (χ2n) is 7.32. The van der Waals surface area contributed by atoms with Crippen LogP contribution >= 0.6 is 22.7 Å². The fraction of sp³-hybridized carbons (Fsp3) is 0.0909. The zero-order valence-electron chi connectivity index (χ0n) is 18.4. The molecule has 0 aliphatic carbocycles. The van der Waals surface area contributed by atoms with Crippen molar-refractivity contribution < 1.29 is 24.0 Å². The number of anilines is 2. The highest BCUT2D eigenvalue weighted by atomic mass is 32.2. The third-order valence-electron chi connectivity index (χ3n) is 5.17. The van der Waals surface area contributed by atoms with Gasteiger partial charge in [0.2, 0.25) is 11.5 Å². The zero-order chi connectivity index (χ0) is 25.6. The van der Waals surface area contributed by atoms with Gasteiger partial charge in [0.25, 0.3) is 0 Å². The molecule has 0 saturated heterocycles. The van der Waals surface area contributed by atoms with Gasteiger partial charge in [0, 0.05) is 17.1 Å². The Morgan fingerprint density at radius 3 is 2.64 bits per heavy atom. The number of nitrogen functional groups attached to an aromatic ring is 2. The number of benzene rings is 1. The van der Waals surface area contributed by atoms with Gasteiger partial charge in [0.1, 0.15) is 26.7 Å². The summed E-state index contributed by atoms with van der Waals surface area (Å²) < 4.78 is 10.2. The third kappa shape index (κ3) is 3.68. The van der Waals surface area contributed by atoms with Crippen LogP contribution < -0.4 is 17.1 Å². The van der Waals surface area contributed by atoms with Crippen LogP contribution in [0.1, 0.15) is 31.8 Å². The van der Waals surface area contributed by atoms with Crippen molar-refractivity contribution in [3.63, 3.8) is 0 Å². The van der Waals surface area contributed by atoms with Gasteiger partial charge in [-0.1, -0.05) is 6.07 Å². The van der Waals surface area contributed by atoms with Crippen LogP contribution in [0.3, 0.4) is 0 Å². The Morgan fingerprint density at radius 1 is 1.17 bits per heavy atom. The number of phenolic OH excluding ortho intramolecular Hbond substituents is 1. The number of pyridine rings is 1. The maximum atomic E-state index is 13.5. The Bertz CT molecular complexity index is 1760. The molecule has 0 spiro atoms. The molecule has 0 amide bonds. The molecule has 0 fully saturated rings. The van der Waals surface area contributed by atoms with Gasteiger partial charge in [-0.3, -0.25) is 9.78 Å². The number of nitrogens with one attached hydrogen (secondary N) is 1. The van der Waals surface area contributed by atoms with Crippen LogP contribution in [0.4, 0.5) is 22.9 Å². The number of aromatic nitrogens is 2. The van der Waals surface area contributed by atoms with Crippen molar-refractivity contribution in [3.05, 3.63) is 56.2 Å². The molecule has 5 aromatic rings. The molecule has 182 valence electrons. The molecule has 0 radical (unpaired) electrons. The minimum atomic E-state index is -0.845. The number of nitrogens with zero attached hydrogens (tertiary/aromatic N) is 3. The number of ether oxygens (including phenoxy) is 1. The van der Waals surface area contributed by atoms with Crippen LogP contribution in [0.5, 0.6) is 5.75 Å². The van der Waals surface area contributed by atoms with Gasteiger partial charge in [-0.25, -0.2) is 9.59 Å². The van der Waals surface area contributed by atoms with Crippen molar-refractivity contribution >= 4 is 77.6 Å². The van der Waals surface area contributed by atoms with Gasteiger partial charge in [0.15, 0.2) is 5.82 Å². The van der Waals surface area contributed by atoms with E-state index in [2.05, 4.69) is 24.9 Å². The summed E-state index contributed by atoms with van der Waals surface area (Å²) in [4.78, 5) is 42.4. The lowest BCUT2D eigenvalue weighted by Crippen LogP contribution is -2.04. The Hall–Kier alpha value is -4.56. The topological polar surface area (TPSA) is 199 Å². The first-order chi connectivity index (χ1) is 17.3. The monoisotopic (exact) mass is 524 g/mol. The molecule has 36 heavy (non-hydrogen) atoms. The quantitative estimate of drug-likeness (QED) is 0.140. The summed E-state index contributed by atoms with van der Waals surface area (Å²) in [5.74, 6) is -1.25. The summed E-state index contributed by atoms with van der Waals surface area (Å²) in [5.41, 5.74) is 11.6. The standard InChI is InChI=1S/C22H16N6O6S2/c1-2-33-21(32)18-14(26-27-15-19(24)28-34-20(15)31)11-12(23)17(35-22(11)36-18)16(30)9-5-6-10(29)13-8(9)4-3-7-25-13/h3-7,28-29H,2,23-24H2,1H3. The van der Waals surface area contributed by atoms with E-state index in [9.17, 15) is 19.5 Å². The number of aromatic hydroxyl groups is 1. The van der Waals surface area contributed by atoms with E-state index in [-0.39, 0.29) is 50.5 Å². The molecule has 0 bridgehead atoms. The molecule has 0 saturated carbocycles. The number of hydrogen-bond acceptors (Lipinski definition) is 13. The van der Waals surface area contributed by atoms with Crippen molar-refractivity contribution in [1.82, 2.24) is 10.1 Å². The van der Waals surface area contributed by atoms with Crippen molar-refractivity contribution in [2.45, 2.75) is 6.92 Å². The fourth-order valence-corrected chi connectivity index (χ4v) is 6.00. The number of rotatable bonds is 6. The van der Waals surface area contributed by atoms with Gasteiger partial charge in [-0.2, -0.15) is 5.16 Å². The predicted molar refractivity (Wildman–Crippen MR) is 135 cm³/mol. The minimum absolute atomic E-state index is 0.0403. The van der Waals surface area contributed by atoms with Gasteiger partial charge >= 0.3 is 11.6 Å². The molecule has 6 N–H and O–H groups in total. The summed E-state index contributed by atoms with van der Waals surface area (Å²) in [7, 11) is 0. The molecular formula is C22H16N6O6S2. The van der Waals surface area contributed by atoms with E-state index < -0.39 is 17.4 Å². The van der Waals surface area contributed by atoms with Crippen LogP contribution in [-0.4, -0.2) is 33.6 Å². The highest BCUT2D eigenvalue weighted by Gasteiger charge is 2.28. The number of phenols is 1. The SMILES string of the molecule is CCOC(=O)c1sc2sc(C(=O)c3ccc(O)c4ncccc34)c(N)c2c1N=Nc1c(N)[nH]oc1=O. The number of carbonyl (C=O) groups excluding carboxylic acids is 2. The van der Waals surface area contributed by atoms with Crippen LogP contribution in [0.25, 0.3) is 20.3 Å². The zero-order valence-corrected chi connectivity index (χ0v) is 20.0. The summed E-state index contributed by atoms with van der Waals surface area (Å²) in [6.45, 7) is 1.78. The maximum Gasteiger partial charge on any atom is 0.386 e. The summed E-state index contributed by atoms with van der Waals surface area (Å²) >= 11 is 2.12. The largest absolute Gasteiger partial charge is 0.506 e. The van der Waals surface area contributed by atoms with E-state index in [1.165, 1.54) is 18.3 Å². The Kier molecular flexibility index (Phi) is 5.74. The van der Waals surface area contributed by atoms with Gasteiger partial charge < -0.3 is 25.8 Å². The average molecular weight is 525 g/mol. The Balaban J connectivity index is 1.68. The summed E-state index contributed by atoms with van der Waals surface area (Å²) in [6.07, 6.45) is 1.51. The second kappa shape index (κ2) is 8.90. The number of H-pyrrole nitrogens is 1. The van der Waals surface area contributed by atoms with Crippen molar-refractivity contribution in [1.29, 1.82) is 0 Å².